The van der Waals surface area contributed by atoms with E-state index in [1.807, 2.05) is 11.8 Å². The Labute approximate surface area is 129 Å². The fraction of sp³-hybridized carbons (Fsp3) is 0.647. The van der Waals surface area contributed by atoms with Crippen LogP contribution in [0.25, 0.3) is 0 Å². The first-order valence-corrected chi connectivity index (χ1v) is 8.72. The summed E-state index contributed by atoms with van der Waals surface area (Å²) in [5.74, 6) is 2.35. The lowest BCUT2D eigenvalue weighted by Crippen LogP contribution is -2.25. The lowest BCUT2D eigenvalue weighted by molar-refractivity contribution is 0.437. The Morgan fingerprint density at radius 1 is 1.15 bits per heavy atom. The van der Waals surface area contributed by atoms with E-state index in [1.54, 1.807) is 0 Å². The molecule has 0 aromatic heterocycles. The summed E-state index contributed by atoms with van der Waals surface area (Å²) < 4.78 is 0. The van der Waals surface area contributed by atoms with Crippen molar-refractivity contribution in [1.82, 2.24) is 10.2 Å². The Balaban J connectivity index is 2.62. The standard InChI is InChI=1S/C17H30N2S/c1-6-7-18-17(13-20-9-8-19(4)5)16-11-14(2)10-15(3)12-16/h10-12,17-18H,6-9,13H2,1-5H3. The molecule has 1 N–H and O–H groups in total. The molecule has 20 heavy (non-hydrogen) atoms. The maximum Gasteiger partial charge on any atom is 0.0412 e. The van der Waals surface area contributed by atoms with Crippen LogP contribution in [0.5, 0.6) is 0 Å². The molecule has 0 saturated carbocycles. The molecule has 3 heteroatoms. The molecular weight excluding hydrogens is 264 g/mol. The minimum atomic E-state index is 0.473. The molecule has 1 atom stereocenters. The van der Waals surface area contributed by atoms with Crippen LogP contribution < -0.4 is 5.32 Å². The van der Waals surface area contributed by atoms with Crippen molar-refractivity contribution in [3.8, 4) is 0 Å². The molecule has 1 aromatic carbocycles. The Hall–Kier alpha value is -0.510. The van der Waals surface area contributed by atoms with Crippen molar-refractivity contribution in [3.05, 3.63) is 34.9 Å². The van der Waals surface area contributed by atoms with Crippen LogP contribution in [0.4, 0.5) is 0 Å². The molecule has 0 aliphatic heterocycles. The van der Waals surface area contributed by atoms with Gasteiger partial charge in [0.05, 0.1) is 0 Å². The van der Waals surface area contributed by atoms with Gasteiger partial charge in [-0.05, 0) is 46.5 Å². The average molecular weight is 295 g/mol. The van der Waals surface area contributed by atoms with Crippen molar-refractivity contribution in [2.75, 3.05) is 38.7 Å². The van der Waals surface area contributed by atoms with Crippen molar-refractivity contribution in [2.45, 2.75) is 33.2 Å². The van der Waals surface area contributed by atoms with Crippen LogP contribution in [0.2, 0.25) is 0 Å². The van der Waals surface area contributed by atoms with Crippen LogP contribution in [0.1, 0.15) is 36.1 Å². The normalized spacial score (nSPS) is 12.9. The third-order valence-electron chi connectivity index (χ3n) is 3.25. The highest BCUT2D eigenvalue weighted by Crippen LogP contribution is 2.21. The summed E-state index contributed by atoms with van der Waals surface area (Å²) >= 11 is 2.04. The monoisotopic (exact) mass is 294 g/mol. The van der Waals surface area contributed by atoms with Gasteiger partial charge in [-0.25, -0.2) is 0 Å². The highest BCUT2D eigenvalue weighted by atomic mass is 32.2. The topological polar surface area (TPSA) is 15.3 Å². The molecule has 0 amide bonds. The second-order valence-electron chi connectivity index (χ2n) is 5.81. The molecule has 2 nitrogen and oxygen atoms in total. The number of rotatable bonds is 9. The summed E-state index contributed by atoms with van der Waals surface area (Å²) in [6.07, 6.45) is 1.18. The van der Waals surface area contributed by atoms with E-state index in [9.17, 15) is 0 Å². The van der Waals surface area contributed by atoms with Gasteiger partial charge in [-0.15, -0.1) is 0 Å². The predicted octanol–water partition coefficient (Wildman–Crippen LogP) is 3.64. The smallest absolute Gasteiger partial charge is 0.0412 e. The van der Waals surface area contributed by atoms with E-state index in [-0.39, 0.29) is 0 Å². The third-order valence-corrected chi connectivity index (χ3v) is 4.29. The van der Waals surface area contributed by atoms with Gasteiger partial charge >= 0.3 is 0 Å². The molecule has 0 bridgehead atoms. The van der Waals surface area contributed by atoms with Crippen LogP contribution in [-0.2, 0) is 0 Å². The fourth-order valence-electron chi connectivity index (χ4n) is 2.25. The van der Waals surface area contributed by atoms with Gasteiger partial charge in [-0.1, -0.05) is 36.2 Å². The van der Waals surface area contributed by atoms with Gasteiger partial charge in [-0.3, -0.25) is 0 Å². The average Bonchev–Trinajstić information content (AvgIpc) is 2.36. The van der Waals surface area contributed by atoms with Crippen LogP contribution in [0.3, 0.4) is 0 Å². The highest BCUT2D eigenvalue weighted by molar-refractivity contribution is 7.99. The molecule has 1 aromatic rings. The minimum absolute atomic E-state index is 0.473. The highest BCUT2D eigenvalue weighted by Gasteiger charge is 2.11. The molecule has 1 unspecified atom stereocenters. The molecule has 1 rings (SSSR count). The van der Waals surface area contributed by atoms with Gasteiger partial charge in [0.15, 0.2) is 0 Å². The predicted molar refractivity (Wildman–Crippen MR) is 92.8 cm³/mol. The van der Waals surface area contributed by atoms with Crippen LogP contribution in [0.15, 0.2) is 18.2 Å². The SMILES string of the molecule is CCCNC(CSCCN(C)C)c1cc(C)cc(C)c1. The summed E-state index contributed by atoms with van der Waals surface area (Å²) in [4.78, 5) is 2.25. The zero-order chi connectivity index (χ0) is 15.0. The van der Waals surface area contributed by atoms with E-state index in [0.29, 0.717) is 6.04 Å². The maximum atomic E-state index is 3.69. The number of benzene rings is 1. The lowest BCUT2D eigenvalue weighted by atomic mass is 10.0. The van der Waals surface area contributed by atoms with Crippen LogP contribution in [-0.4, -0.2) is 43.6 Å². The Bertz CT molecular complexity index is 370. The van der Waals surface area contributed by atoms with E-state index >= 15 is 0 Å². The van der Waals surface area contributed by atoms with E-state index in [1.165, 1.54) is 28.9 Å². The molecule has 0 aliphatic carbocycles. The number of aryl methyl sites for hydroxylation is 2. The van der Waals surface area contributed by atoms with Crippen molar-refractivity contribution >= 4 is 11.8 Å². The quantitative estimate of drug-likeness (QED) is 0.700. The first-order valence-electron chi connectivity index (χ1n) is 7.57. The van der Waals surface area contributed by atoms with Crippen molar-refractivity contribution in [2.24, 2.45) is 0 Å². The molecule has 0 aliphatic rings. The zero-order valence-electron chi connectivity index (χ0n) is 13.7. The second kappa shape index (κ2) is 9.43. The largest absolute Gasteiger partial charge is 0.309 e. The van der Waals surface area contributed by atoms with E-state index in [2.05, 4.69) is 63.3 Å². The lowest BCUT2D eigenvalue weighted by Gasteiger charge is -2.20. The molecular formula is C17H30N2S. The summed E-state index contributed by atoms with van der Waals surface area (Å²) in [5, 5.41) is 3.69. The molecule has 114 valence electrons. The van der Waals surface area contributed by atoms with Gasteiger partial charge in [0.25, 0.3) is 0 Å². The Kier molecular flexibility index (Phi) is 8.27. The van der Waals surface area contributed by atoms with Gasteiger partial charge < -0.3 is 10.2 Å². The first-order chi connectivity index (χ1) is 9.52. The fourth-order valence-corrected chi connectivity index (χ4v) is 3.46. The van der Waals surface area contributed by atoms with E-state index < -0.39 is 0 Å². The van der Waals surface area contributed by atoms with Crippen LogP contribution >= 0.6 is 11.8 Å². The summed E-state index contributed by atoms with van der Waals surface area (Å²) in [5.41, 5.74) is 4.16. The molecule has 0 radical (unpaired) electrons. The molecule has 0 spiro atoms. The number of nitrogens with zero attached hydrogens (tertiary/aromatic N) is 1. The van der Waals surface area contributed by atoms with Gasteiger partial charge in [0, 0.05) is 24.1 Å². The third kappa shape index (κ3) is 6.78. The number of hydrogen-bond acceptors (Lipinski definition) is 3. The molecule has 0 saturated heterocycles. The van der Waals surface area contributed by atoms with Crippen molar-refractivity contribution in [1.29, 1.82) is 0 Å². The minimum Gasteiger partial charge on any atom is -0.309 e. The summed E-state index contributed by atoms with van der Waals surface area (Å²) in [7, 11) is 4.27. The van der Waals surface area contributed by atoms with Crippen molar-refractivity contribution in [3.63, 3.8) is 0 Å². The number of nitrogens with one attached hydrogen (secondary N) is 1. The number of thioether (sulfide) groups is 1. The van der Waals surface area contributed by atoms with E-state index in [4.69, 9.17) is 0 Å². The molecule has 0 heterocycles. The Morgan fingerprint density at radius 3 is 2.35 bits per heavy atom. The molecule has 0 fully saturated rings. The van der Waals surface area contributed by atoms with Crippen LogP contribution in [0, 0.1) is 13.8 Å². The number of hydrogen-bond donors (Lipinski definition) is 1. The zero-order valence-corrected chi connectivity index (χ0v) is 14.5. The Morgan fingerprint density at radius 2 is 1.80 bits per heavy atom. The summed E-state index contributed by atoms with van der Waals surface area (Å²) in [6.45, 7) is 8.84. The van der Waals surface area contributed by atoms with Gasteiger partial charge in [0.1, 0.15) is 0 Å². The maximum absolute atomic E-state index is 3.69. The van der Waals surface area contributed by atoms with Crippen molar-refractivity contribution < 1.29 is 0 Å². The van der Waals surface area contributed by atoms with E-state index in [0.717, 1.165) is 18.8 Å². The second-order valence-corrected chi connectivity index (χ2v) is 6.96. The summed E-state index contributed by atoms with van der Waals surface area (Å²) in [6, 6.07) is 7.37. The van der Waals surface area contributed by atoms with Gasteiger partial charge in [0.2, 0.25) is 0 Å². The first kappa shape index (κ1) is 17.5. The van der Waals surface area contributed by atoms with Gasteiger partial charge in [-0.2, -0.15) is 11.8 Å².